The fourth-order valence-corrected chi connectivity index (χ4v) is 3.09. The lowest BCUT2D eigenvalue weighted by atomic mass is 10.3. The molecule has 4 rings (SSSR count). The second-order valence-electron chi connectivity index (χ2n) is 4.52. The molecular formula is C14H9N5O2S. The van der Waals surface area contributed by atoms with Crippen LogP contribution in [0.1, 0.15) is 5.01 Å². The molecule has 108 valence electrons. The van der Waals surface area contributed by atoms with Crippen LogP contribution in [-0.4, -0.2) is 24.7 Å². The summed E-state index contributed by atoms with van der Waals surface area (Å²) >= 11 is 1.53. The van der Waals surface area contributed by atoms with E-state index in [1.54, 1.807) is 6.20 Å². The number of fused-ring (bicyclic) bond motifs is 1. The van der Waals surface area contributed by atoms with Crippen LogP contribution in [0.3, 0.4) is 0 Å². The number of nitrogens with zero attached hydrogens (tertiary/aromatic N) is 5. The Labute approximate surface area is 127 Å². The normalized spacial score (nSPS) is 11.1. The van der Waals surface area contributed by atoms with E-state index in [2.05, 4.69) is 20.1 Å². The summed E-state index contributed by atoms with van der Waals surface area (Å²) in [6, 6.07) is 7.83. The molecule has 0 N–H and O–H groups in total. The summed E-state index contributed by atoms with van der Waals surface area (Å²) in [4.78, 5) is 24.5. The van der Waals surface area contributed by atoms with Crippen molar-refractivity contribution in [2.45, 2.75) is 6.54 Å². The lowest BCUT2D eigenvalue weighted by Gasteiger charge is -2.00. The topological polar surface area (TPSA) is 86.7 Å². The van der Waals surface area contributed by atoms with Gasteiger partial charge < -0.3 is 0 Å². The molecule has 8 heteroatoms. The minimum atomic E-state index is -0.542. The van der Waals surface area contributed by atoms with E-state index in [1.807, 2.05) is 24.3 Å². The molecule has 3 aromatic heterocycles. The van der Waals surface area contributed by atoms with Gasteiger partial charge in [-0.3, -0.25) is 9.51 Å². The standard InChI is InChI=1S/C14H9N5O2S/c20-14-19(13(18-21-14)10-7-15-5-6-16-10)8-12-17-9-3-1-2-4-11(9)22-12/h1-7H,8H2. The van der Waals surface area contributed by atoms with E-state index >= 15 is 0 Å². The second-order valence-corrected chi connectivity index (χ2v) is 5.64. The largest absolute Gasteiger partial charge is 0.442 e. The van der Waals surface area contributed by atoms with Crippen LogP contribution in [-0.2, 0) is 6.54 Å². The van der Waals surface area contributed by atoms with Crippen molar-refractivity contribution in [1.29, 1.82) is 0 Å². The van der Waals surface area contributed by atoms with E-state index in [-0.39, 0.29) is 6.54 Å². The van der Waals surface area contributed by atoms with E-state index < -0.39 is 5.76 Å². The Morgan fingerprint density at radius 2 is 2.14 bits per heavy atom. The number of thiazole rings is 1. The third kappa shape index (κ3) is 2.19. The summed E-state index contributed by atoms with van der Waals surface area (Å²) in [5.41, 5.74) is 1.39. The van der Waals surface area contributed by atoms with Crippen LogP contribution in [0.2, 0.25) is 0 Å². The van der Waals surface area contributed by atoms with Crippen molar-refractivity contribution in [2.75, 3.05) is 0 Å². The minimum Gasteiger partial charge on any atom is -0.295 e. The first kappa shape index (κ1) is 12.8. The Morgan fingerprint density at radius 1 is 1.23 bits per heavy atom. The lowest BCUT2D eigenvalue weighted by molar-refractivity contribution is 0.378. The molecule has 22 heavy (non-hydrogen) atoms. The monoisotopic (exact) mass is 311 g/mol. The molecule has 3 heterocycles. The molecule has 0 aliphatic carbocycles. The van der Waals surface area contributed by atoms with Crippen molar-refractivity contribution in [3.8, 4) is 11.5 Å². The molecule has 0 aliphatic rings. The van der Waals surface area contributed by atoms with Gasteiger partial charge in [0.15, 0.2) is 0 Å². The highest BCUT2D eigenvalue weighted by Gasteiger charge is 2.16. The van der Waals surface area contributed by atoms with Gasteiger partial charge in [-0.25, -0.2) is 19.3 Å². The van der Waals surface area contributed by atoms with Crippen LogP contribution in [0.4, 0.5) is 0 Å². The van der Waals surface area contributed by atoms with E-state index in [4.69, 9.17) is 4.52 Å². The van der Waals surface area contributed by atoms with Crippen LogP contribution >= 0.6 is 11.3 Å². The van der Waals surface area contributed by atoms with Gasteiger partial charge in [0.2, 0.25) is 5.82 Å². The van der Waals surface area contributed by atoms with Gasteiger partial charge >= 0.3 is 5.76 Å². The number of benzene rings is 1. The van der Waals surface area contributed by atoms with Crippen molar-refractivity contribution in [3.05, 3.63) is 58.4 Å². The highest BCUT2D eigenvalue weighted by molar-refractivity contribution is 7.18. The molecular weight excluding hydrogens is 302 g/mol. The van der Waals surface area contributed by atoms with Gasteiger partial charge in [0, 0.05) is 12.4 Å². The number of aromatic nitrogens is 5. The van der Waals surface area contributed by atoms with Crippen LogP contribution in [0.15, 0.2) is 52.2 Å². The molecule has 0 bridgehead atoms. The van der Waals surface area contributed by atoms with Crippen LogP contribution < -0.4 is 5.76 Å². The Balaban J connectivity index is 1.77. The molecule has 7 nitrogen and oxygen atoms in total. The fourth-order valence-electron chi connectivity index (χ4n) is 2.13. The van der Waals surface area contributed by atoms with Gasteiger partial charge in [0.25, 0.3) is 0 Å². The molecule has 0 saturated carbocycles. The van der Waals surface area contributed by atoms with Crippen LogP contribution in [0, 0.1) is 0 Å². The Morgan fingerprint density at radius 3 is 2.95 bits per heavy atom. The average molecular weight is 311 g/mol. The lowest BCUT2D eigenvalue weighted by Crippen LogP contribution is -2.16. The summed E-state index contributed by atoms with van der Waals surface area (Å²) in [6.45, 7) is 0.285. The van der Waals surface area contributed by atoms with Crippen LogP contribution in [0.5, 0.6) is 0 Å². The number of hydrogen-bond donors (Lipinski definition) is 0. The summed E-state index contributed by atoms with van der Waals surface area (Å²) in [7, 11) is 0. The van der Waals surface area contributed by atoms with Crippen molar-refractivity contribution in [3.63, 3.8) is 0 Å². The Hall–Kier alpha value is -2.87. The maximum Gasteiger partial charge on any atom is 0.442 e. The van der Waals surface area contributed by atoms with Crippen molar-refractivity contribution < 1.29 is 4.52 Å². The van der Waals surface area contributed by atoms with Gasteiger partial charge in [-0.2, -0.15) is 0 Å². The van der Waals surface area contributed by atoms with Gasteiger partial charge in [0.05, 0.1) is 23.0 Å². The predicted molar refractivity (Wildman–Crippen MR) is 80.5 cm³/mol. The van der Waals surface area contributed by atoms with Crippen LogP contribution in [0.25, 0.3) is 21.7 Å². The molecule has 0 aliphatic heterocycles. The van der Waals surface area contributed by atoms with Gasteiger partial charge in [-0.05, 0) is 12.1 Å². The Bertz CT molecular complexity index is 956. The first-order valence-corrected chi connectivity index (χ1v) is 7.30. The van der Waals surface area contributed by atoms with E-state index in [0.717, 1.165) is 15.2 Å². The van der Waals surface area contributed by atoms with E-state index in [0.29, 0.717) is 11.5 Å². The summed E-state index contributed by atoms with van der Waals surface area (Å²) in [5.74, 6) is -0.197. The van der Waals surface area contributed by atoms with Crippen molar-refractivity contribution in [2.24, 2.45) is 0 Å². The van der Waals surface area contributed by atoms with Gasteiger partial charge in [0.1, 0.15) is 10.7 Å². The summed E-state index contributed by atoms with van der Waals surface area (Å²) < 4.78 is 7.24. The van der Waals surface area contributed by atoms with Crippen molar-refractivity contribution in [1.82, 2.24) is 24.7 Å². The Kier molecular flexibility index (Phi) is 3.01. The molecule has 0 atom stereocenters. The third-order valence-electron chi connectivity index (χ3n) is 3.11. The maximum absolute atomic E-state index is 11.9. The summed E-state index contributed by atoms with van der Waals surface area (Å²) in [5, 5.41) is 4.59. The smallest absolute Gasteiger partial charge is 0.295 e. The molecule has 0 amide bonds. The number of hydrogen-bond acceptors (Lipinski definition) is 7. The van der Waals surface area contributed by atoms with E-state index in [9.17, 15) is 4.79 Å². The second kappa shape index (κ2) is 5.15. The van der Waals surface area contributed by atoms with E-state index in [1.165, 1.54) is 28.3 Å². The first-order valence-electron chi connectivity index (χ1n) is 6.48. The first-order chi connectivity index (χ1) is 10.8. The third-order valence-corrected chi connectivity index (χ3v) is 4.13. The zero-order valence-corrected chi connectivity index (χ0v) is 12.0. The highest BCUT2D eigenvalue weighted by atomic mass is 32.1. The average Bonchev–Trinajstić information content (AvgIpc) is 3.12. The highest BCUT2D eigenvalue weighted by Crippen LogP contribution is 2.23. The van der Waals surface area contributed by atoms with Gasteiger partial charge in [-0.1, -0.05) is 17.3 Å². The molecule has 0 fully saturated rings. The van der Waals surface area contributed by atoms with Gasteiger partial charge in [-0.15, -0.1) is 11.3 Å². The molecule has 0 saturated heterocycles. The molecule has 0 radical (unpaired) electrons. The fraction of sp³-hybridized carbons (Fsp3) is 0.0714. The SMILES string of the molecule is O=c1onc(-c2cnccn2)n1Cc1nc2ccccc2s1. The number of para-hydroxylation sites is 1. The molecule has 0 unspecified atom stereocenters. The maximum atomic E-state index is 11.9. The zero-order chi connectivity index (χ0) is 14.9. The predicted octanol–water partition coefficient (Wildman–Crippen LogP) is 1.95. The quantitative estimate of drug-likeness (QED) is 0.575. The molecule has 0 spiro atoms. The molecule has 1 aromatic carbocycles. The summed E-state index contributed by atoms with van der Waals surface area (Å²) in [6.07, 6.45) is 4.63. The zero-order valence-electron chi connectivity index (χ0n) is 11.2. The molecule has 4 aromatic rings. The van der Waals surface area contributed by atoms with Crippen molar-refractivity contribution >= 4 is 21.6 Å². The number of rotatable bonds is 3. The minimum absolute atomic E-state index is 0.285.